The summed E-state index contributed by atoms with van der Waals surface area (Å²) in [5, 5.41) is 7.61. The highest BCUT2D eigenvalue weighted by atomic mass is 32.1. The highest BCUT2D eigenvalue weighted by Gasteiger charge is 2.07. The summed E-state index contributed by atoms with van der Waals surface area (Å²) in [6.07, 6.45) is 2.81. The van der Waals surface area contributed by atoms with Crippen molar-refractivity contribution in [2.75, 3.05) is 11.1 Å². The SMILES string of the molecule is Cc1cnc(NC(C)Cc2ccsc2)c(N)c1. The summed E-state index contributed by atoms with van der Waals surface area (Å²) in [4.78, 5) is 4.31. The molecule has 0 radical (unpaired) electrons. The zero-order valence-electron chi connectivity index (χ0n) is 10.1. The lowest BCUT2D eigenvalue weighted by Crippen LogP contribution is -2.19. The predicted molar refractivity (Wildman–Crippen MR) is 74.5 cm³/mol. The van der Waals surface area contributed by atoms with Gasteiger partial charge in [-0.1, -0.05) is 0 Å². The fourth-order valence-corrected chi connectivity index (χ4v) is 2.44. The second kappa shape index (κ2) is 5.19. The van der Waals surface area contributed by atoms with Crippen LogP contribution < -0.4 is 11.1 Å². The summed E-state index contributed by atoms with van der Waals surface area (Å²) in [6.45, 7) is 4.13. The van der Waals surface area contributed by atoms with Gasteiger partial charge in [-0.15, -0.1) is 0 Å². The van der Waals surface area contributed by atoms with E-state index in [2.05, 4.69) is 34.1 Å². The van der Waals surface area contributed by atoms with Crippen LogP contribution in [0, 0.1) is 6.92 Å². The van der Waals surface area contributed by atoms with Crippen molar-refractivity contribution in [1.82, 2.24) is 4.98 Å². The monoisotopic (exact) mass is 247 g/mol. The molecular formula is C13H17N3S. The van der Waals surface area contributed by atoms with Crippen LogP contribution in [0.4, 0.5) is 11.5 Å². The molecule has 0 saturated heterocycles. The highest BCUT2D eigenvalue weighted by Crippen LogP contribution is 2.18. The van der Waals surface area contributed by atoms with Crippen LogP contribution in [-0.4, -0.2) is 11.0 Å². The Morgan fingerprint density at radius 1 is 1.53 bits per heavy atom. The lowest BCUT2D eigenvalue weighted by Gasteiger charge is -2.15. The molecule has 0 aliphatic carbocycles. The zero-order valence-corrected chi connectivity index (χ0v) is 10.9. The second-order valence-electron chi connectivity index (χ2n) is 4.33. The van der Waals surface area contributed by atoms with Crippen LogP contribution >= 0.6 is 11.3 Å². The van der Waals surface area contributed by atoms with E-state index < -0.39 is 0 Å². The van der Waals surface area contributed by atoms with E-state index in [0.29, 0.717) is 11.7 Å². The van der Waals surface area contributed by atoms with E-state index in [1.807, 2.05) is 19.2 Å². The Bertz CT molecular complexity index is 479. The van der Waals surface area contributed by atoms with Gasteiger partial charge in [0.15, 0.2) is 0 Å². The number of aromatic nitrogens is 1. The van der Waals surface area contributed by atoms with Crippen molar-refractivity contribution in [2.45, 2.75) is 26.3 Å². The van der Waals surface area contributed by atoms with Crippen molar-refractivity contribution in [2.24, 2.45) is 0 Å². The second-order valence-corrected chi connectivity index (χ2v) is 5.11. The van der Waals surface area contributed by atoms with E-state index >= 15 is 0 Å². The summed E-state index contributed by atoms with van der Waals surface area (Å²) in [6, 6.07) is 4.41. The molecule has 3 N–H and O–H groups in total. The van der Waals surface area contributed by atoms with Gasteiger partial charge >= 0.3 is 0 Å². The fraction of sp³-hybridized carbons (Fsp3) is 0.308. The normalized spacial score (nSPS) is 12.4. The minimum Gasteiger partial charge on any atom is -0.396 e. The molecule has 1 unspecified atom stereocenters. The number of nitrogen functional groups attached to an aromatic ring is 1. The van der Waals surface area contributed by atoms with Crippen LogP contribution in [0.2, 0.25) is 0 Å². The molecule has 2 rings (SSSR count). The van der Waals surface area contributed by atoms with E-state index in [0.717, 1.165) is 17.8 Å². The van der Waals surface area contributed by atoms with Crippen molar-refractivity contribution < 1.29 is 0 Å². The molecule has 0 saturated carbocycles. The maximum absolute atomic E-state index is 5.92. The largest absolute Gasteiger partial charge is 0.396 e. The van der Waals surface area contributed by atoms with E-state index in [-0.39, 0.29) is 0 Å². The van der Waals surface area contributed by atoms with Gasteiger partial charge in [0.05, 0.1) is 5.69 Å². The molecule has 2 heterocycles. The minimum absolute atomic E-state index is 0.321. The molecule has 0 aliphatic rings. The summed E-state index contributed by atoms with van der Waals surface area (Å²) >= 11 is 1.72. The average molecular weight is 247 g/mol. The molecule has 3 nitrogen and oxygen atoms in total. The quantitative estimate of drug-likeness (QED) is 0.873. The molecule has 0 bridgehead atoms. The molecular weight excluding hydrogens is 230 g/mol. The first kappa shape index (κ1) is 11.9. The van der Waals surface area contributed by atoms with Gasteiger partial charge in [0.2, 0.25) is 0 Å². The Balaban J connectivity index is 2.00. The molecule has 0 spiro atoms. The number of thiophene rings is 1. The molecule has 1 atom stereocenters. The van der Waals surface area contributed by atoms with Crippen LogP contribution in [0.5, 0.6) is 0 Å². The van der Waals surface area contributed by atoms with Crippen molar-refractivity contribution >= 4 is 22.8 Å². The molecule has 0 aromatic carbocycles. The first-order valence-electron chi connectivity index (χ1n) is 5.65. The number of hydrogen-bond acceptors (Lipinski definition) is 4. The topological polar surface area (TPSA) is 50.9 Å². The first-order chi connectivity index (χ1) is 8.15. The van der Waals surface area contributed by atoms with Gasteiger partial charge in [-0.3, -0.25) is 0 Å². The highest BCUT2D eigenvalue weighted by molar-refractivity contribution is 7.07. The van der Waals surface area contributed by atoms with E-state index in [9.17, 15) is 0 Å². The number of pyridine rings is 1. The third-order valence-electron chi connectivity index (χ3n) is 2.56. The zero-order chi connectivity index (χ0) is 12.3. The van der Waals surface area contributed by atoms with E-state index in [1.165, 1.54) is 5.56 Å². The fourth-order valence-electron chi connectivity index (χ4n) is 1.76. The van der Waals surface area contributed by atoms with Crippen LogP contribution in [0.15, 0.2) is 29.1 Å². The Kier molecular flexibility index (Phi) is 3.64. The summed E-state index contributed by atoms with van der Waals surface area (Å²) in [7, 11) is 0. The number of hydrogen-bond donors (Lipinski definition) is 2. The van der Waals surface area contributed by atoms with Gasteiger partial charge in [-0.25, -0.2) is 4.98 Å². The minimum atomic E-state index is 0.321. The van der Waals surface area contributed by atoms with E-state index in [4.69, 9.17) is 5.73 Å². The molecule has 0 aliphatic heterocycles. The van der Waals surface area contributed by atoms with Crippen molar-refractivity contribution in [3.63, 3.8) is 0 Å². The van der Waals surface area contributed by atoms with E-state index in [1.54, 1.807) is 11.3 Å². The van der Waals surface area contributed by atoms with Gasteiger partial charge in [-0.05, 0) is 54.3 Å². The Morgan fingerprint density at radius 3 is 3.00 bits per heavy atom. The Morgan fingerprint density at radius 2 is 2.35 bits per heavy atom. The number of nitrogens with two attached hydrogens (primary N) is 1. The summed E-state index contributed by atoms with van der Waals surface area (Å²) in [5.74, 6) is 0.776. The van der Waals surface area contributed by atoms with Crippen LogP contribution in [0.25, 0.3) is 0 Å². The van der Waals surface area contributed by atoms with Crippen LogP contribution in [0.3, 0.4) is 0 Å². The van der Waals surface area contributed by atoms with Crippen molar-refractivity contribution in [3.05, 3.63) is 40.2 Å². The standard InChI is InChI=1S/C13H17N3S/c1-9-5-12(14)13(15-7-9)16-10(2)6-11-3-4-17-8-11/h3-5,7-8,10H,6,14H2,1-2H3,(H,15,16). The lowest BCUT2D eigenvalue weighted by molar-refractivity contribution is 0.787. The number of nitrogens with one attached hydrogen (secondary N) is 1. The number of anilines is 2. The van der Waals surface area contributed by atoms with Crippen LogP contribution in [0.1, 0.15) is 18.1 Å². The third-order valence-corrected chi connectivity index (χ3v) is 3.29. The first-order valence-corrected chi connectivity index (χ1v) is 6.59. The lowest BCUT2D eigenvalue weighted by atomic mass is 10.1. The number of aryl methyl sites for hydroxylation is 1. The predicted octanol–water partition coefficient (Wildman–Crippen LogP) is 3.08. The van der Waals surface area contributed by atoms with Gasteiger partial charge in [-0.2, -0.15) is 11.3 Å². The van der Waals surface area contributed by atoms with Gasteiger partial charge < -0.3 is 11.1 Å². The van der Waals surface area contributed by atoms with Crippen molar-refractivity contribution in [3.8, 4) is 0 Å². The molecule has 17 heavy (non-hydrogen) atoms. The van der Waals surface area contributed by atoms with Gasteiger partial charge in [0, 0.05) is 12.2 Å². The molecule has 0 fully saturated rings. The smallest absolute Gasteiger partial charge is 0.149 e. The summed E-state index contributed by atoms with van der Waals surface area (Å²) < 4.78 is 0. The molecule has 0 amide bonds. The molecule has 2 aromatic rings. The summed E-state index contributed by atoms with van der Waals surface area (Å²) in [5.41, 5.74) is 9.06. The average Bonchev–Trinajstić information content (AvgIpc) is 2.75. The van der Waals surface area contributed by atoms with Crippen LogP contribution in [-0.2, 0) is 6.42 Å². The van der Waals surface area contributed by atoms with Gasteiger partial charge in [0.25, 0.3) is 0 Å². The number of nitrogens with zero attached hydrogens (tertiary/aromatic N) is 1. The maximum atomic E-state index is 5.92. The third kappa shape index (κ3) is 3.20. The number of rotatable bonds is 4. The molecule has 90 valence electrons. The van der Waals surface area contributed by atoms with Crippen molar-refractivity contribution in [1.29, 1.82) is 0 Å². The molecule has 2 aromatic heterocycles. The Hall–Kier alpha value is -1.55. The maximum Gasteiger partial charge on any atom is 0.149 e. The Labute approximate surface area is 106 Å². The molecule has 4 heteroatoms. The van der Waals surface area contributed by atoms with Gasteiger partial charge in [0.1, 0.15) is 5.82 Å².